The van der Waals surface area contributed by atoms with Crippen molar-refractivity contribution in [2.75, 3.05) is 6.54 Å². The van der Waals surface area contributed by atoms with Crippen molar-refractivity contribution in [3.8, 4) is 0 Å². The summed E-state index contributed by atoms with van der Waals surface area (Å²) in [6, 6.07) is 5.57. The summed E-state index contributed by atoms with van der Waals surface area (Å²) in [5.41, 5.74) is 0.498. The second-order valence-corrected chi connectivity index (χ2v) is 4.44. The highest BCUT2D eigenvalue weighted by molar-refractivity contribution is 5.94. The van der Waals surface area contributed by atoms with E-state index in [1.807, 2.05) is 0 Å². The molecule has 2 nitrogen and oxygen atoms in total. The molecule has 0 saturated carbocycles. The van der Waals surface area contributed by atoms with Gasteiger partial charge in [0.05, 0.1) is 0 Å². The van der Waals surface area contributed by atoms with Crippen LogP contribution in [0.15, 0.2) is 24.3 Å². The monoisotopic (exact) mass is 223 g/mol. The minimum absolute atomic E-state index is 0.146. The number of hydrogen-bond acceptors (Lipinski definition) is 1. The minimum atomic E-state index is -0.327. The van der Waals surface area contributed by atoms with Crippen LogP contribution in [0.3, 0.4) is 0 Å². The lowest BCUT2D eigenvalue weighted by molar-refractivity contribution is 0.0945. The number of halogens is 1. The summed E-state index contributed by atoms with van der Waals surface area (Å²) in [6.45, 7) is 6.98. The highest BCUT2D eigenvalue weighted by atomic mass is 19.1. The van der Waals surface area contributed by atoms with Gasteiger partial charge in [0.15, 0.2) is 0 Å². The topological polar surface area (TPSA) is 29.1 Å². The predicted octanol–water partition coefficient (Wildman–Crippen LogP) is 2.85. The van der Waals surface area contributed by atoms with Crippen molar-refractivity contribution in [1.29, 1.82) is 0 Å². The Morgan fingerprint density at radius 3 is 2.31 bits per heavy atom. The highest BCUT2D eigenvalue weighted by Crippen LogP contribution is 2.08. The molecular formula is C13H18FNO. The van der Waals surface area contributed by atoms with E-state index in [0.29, 0.717) is 23.9 Å². The van der Waals surface area contributed by atoms with Gasteiger partial charge in [-0.25, -0.2) is 4.39 Å². The maximum absolute atomic E-state index is 12.6. The summed E-state index contributed by atoms with van der Waals surface area (Å²) in [7, 11) is 0. The Morgan fingerprint density at radius 2 is 1.81 bits per heavy atom. The molecule has 0 aromatic heterocycles. The number of benzene rings is 1. The molecule has 3 heteroatoms. The molecule has 0 saturated heterocycles. The van der Waals surface area contributed by atoms with Crippen molar-refractivity contribution >= 4 is 5.91 Å². The van der Waals surface area contributed by atoms with E-state index in [-0.39, 0.29) is 11.7 Å². The van der Waals surface area contributed by atoms with Crippen LogP contribution in [-0.4, -0.2) is 12.5 Å². The average molecular weight is 223 g/mol. The Bertz CT molecular complexity index is 345. The first-order valence-corrected chi connectivity index (χ1v) is 5.54. The lowest BCUT2D eigenvalue weighted by Crippen LogP contribution is -2.30. The lowest BCUT2D eigenvalue weighted by Gasteiger charge is -2.15. The summed E-state index contributed by atoms with van der Waals surface area (Å²) in [5, 5.41) is 2.84. The van der Waals surface area contributed by atoms with Gasteiger partial charge in [0.25, 0.3) is 5.91 Å². The fourth-order valence-corrected chi connectivity index (χ4v) is 1.19. The van der Waals surface area contributed by atoms with Crippen molar-refractivity contribution in [1.82, 2.24) is 5.32 Å². The zero-order chi connectivity index (χ0) is 12.1. The van der Waals surface area contributed by atoms with E-state index in [1.165, 1.54) is 24.3 Å². The quantitative estimate of drug-likeness (QED) is 0.835. The lowest BCUT2D eigenvalue weighted by atomic mass is 9.98. The first kappa shape index (κ1) is 12.7. The SMILES string of the molecule is CC(C)C(C)CNC(=O)c1ccc(F)cc1. The largest absolute Gasteiger partial charge is 0.352 e. The first-order valence-electron chi connectivity index (χ1n) is 5.54. The molecule has 1 unspecified atom stereocenters. The van der Waals surface area contributed by atoms with Crippen LogP contribution in [0, 0.1) is 17.7 Å². The summed E-state index contributed by atoms with van der Waals surface area (Å²) in [6.07, 6.45) is 0. The molecule has 0 aliphatic carbocycles. The van der Waals surface area contributed by atoms with Crippen molar-refractivity contribution in [3.05, 3.63) is 35.6 Å². The smallest absolute Gasteiger partial charge is 0.251 e. The summed E-state index contributed by atoms with van der Waals surface area (Å²) in [4.78, 5) is 11.6. The molecule has 0 fully saturated rings. The normalized spacial score (nSPS) is 12.6. The third-order valence-corrected chi connectivity index (χ3v) is 2.83. The number of hydrogen-bond donors (Lipinski definition) is 1. The fraction of sp³-hybridized carbons (Fsp3) is 0.462. The molecule has 16 heavy (non-hydrogen) atoms. The van der Waals surface area contributed by atoms with Crippen molar-refractivity contribution in [2.45, 2.75) is 20.8 Å². The van der Waals surface area contributed by atoms with Crippen LogP contribution < -0.4 is 5.32 Å². The average Bonchev–Trinajstić information content (AvgIpc) is 2.26. The van der Waals surface area contributed by atoms with Crippen molar-refractivity contribution in [2.24, 2.45) is 11.8 Å². The van der Waals surface area contributed by atoms with E-state index in [2.05, 4.69) is 26.1 Å². The van der Waals surface area contributed by atoms with Gasteiger partial charge in [0.2, 0.25) is 0 Å². The van der Waals surface area contributed by atoms with Gasteiger partial charge in [-0.2, -0.15) is 0 Å². The molecule has 0 heterocycles. The van der Waals surface area contributed by atoms with Crippen LogP contribution in [0.1, 0.15) is 31.1 Å². The first-order chi connectivity index (χ1) is 7.50. The van der Waals surface area contributed by atoms with E-state index in [1.54, 1.807) is 0 Å². The third-order valence-electron chi connectivity index (χ3n) is 2.83. The second-order valence-electron chi connectivity index (χ2n) is 4.44. The molecule has 0 bridgehead atoms. The number of rotatable bonds is 4. The number of amides is 1. The van der Waals surface area contributed by atoms with Gasteiger partial charge in [0.1, 0.15) is 5.82 Å². The van der Waals surface area contributed by atoms with Gasteiger partial charge < -0.3 is 5.32 Å². The van der Waals surface area contributed by atoms with Gasteiger partial charge in [-0.15, -0.1) is 0 Å². The Labute approximate surface area is 95.9 Å². The highest BCUT2D eigenvalue weighted by Gasteiger charge is 2.10. The standard InChI is InChI=1S/C13H18FNO/c1-9(2)10(3)8-15-13(16)11-4-6-12(14)7-5-11/h4-7,9-10H,8H2,1-3H3,(H,15,16). The Morgan fingerprint density at radius 1 is 1.25 bits per heavy atom. The molecule has 0 aliphatic heterocycles. The number of nitrogens with one attached hydrogen (secondary N) is 1. The number of carbonyl (C=O) groups is 1. The van der Waals surface area contributed by atoms with E-state index >= 15 is 0 Å². The van der Waals surface area contributed by atoms with Gasteiger partial charge in [-0.1, -0.05) is 20.8 Å². The molecule has 1 aromatic rings. The van der Waals surface area contributed by atoms with E-state index in [0.717, 1.165) is 0 Å². The molecule has 1 N–H and O–H groups in total. The predicted molar refractivity (Wildman–Crippen MR) is 62.7 cm³/mol. The molecule has 0 radical (unpaired) electrons. The molecular weight excluding hydrogens is 205 g/mol. The number of carbonyl (C=O) groups excluding carboxylic acids is 1. The molecule has 1 rings (SSSR count). The zero-order valence-electron chi connectivity index (χ0n) is 9.96. The van der Waals surface area contributed by atoms with E-state index < -0.39 is 0 Å². The van der Waals surface area contributed by atoms with Crippen LogP contribution in [0.4, 0.5) is 4.39 Å². The summed E-state index contributed by atoms with van der Waals surface area (Å²) in [5.74, 6) is 0.498. The Balaban J connectivity index is 2.50. The maximum atomic E-state index is 12.6. The molecule has 1 aromatic carbocycles. The summed E-state index contributed by atoms with van der Waals surface area (Å²) < 4.78 is 12.6. The molecule has 88 valence electrons. The Kier molecular flexibility index (Phi) is 4.47. The molecule has 0 spiro atoms. The van der Waals surface area contributed by atoms with Gasteiger partial charge >= 0.3 is 0 Å². The summed E-state index contributed by atoms with van der Waals surface area (Å²) >= 11 is 0. The Hall–Kier alpha value is -1.38. The molecule has 1 amide bonds. The van der Waals surface area contributed by atoms with Crippen LogP contribution in [0.2, 0.25) is 0 Å². The van der Waals surface area contributed by atoms with Crippen LogP contribution >= 0.6 is 0 Å². The van der Waals surface area contributed by atoms with Crippen LogP contribution in [0.25, 0.3) is 0 Å². The van der Waals surface area contributed by atoms with Crippen LogP contribution in [-0.2, 0) is 0 Å². The minimum Gasteiger partial charge on any atom is -0.352 e. The van der Waals surface area contributed by atoms with E-state index in [9.17, 15) is 9.18 Å². The molecule has 0 aliphatic rings. The van der Waals surface area contributed by atoms with Crippen molar-refractivity contribution < 1.29 is 9.18 Å². The van der Waals surface area contributed by atoms with Crippen LogP contribution in [0.5, 0.6) is 0 Å². The second kappa shape index (κ2) is 5.64. The van der Waals surface area contributed by atoms with Crippen molar-refractivity contribution in [3.63, 3.8) is 0 Å². The van der Waals surface area contributed by atoms with Gasteiger partial charge in [-0.05, 0) is 36.1 Å². The third kappa shape index (κ3) is 3.65. The zero-order valence-corrected chi connectivity index (χ0v) is 9.96. The maximum Gasteiger partial charge on any atom is 0.251 e. The van der Waals surface area contributed by atoms with Gasteiger partial charge in [0, 0.05) is 12.1 Å². The van der Waals surface area contributed by atoms with E-state index in [4.69, 9.17) is 0 Å². The van der Waals surface area contributed by atoms with Gasteiger partial charge in [-0.3, -0.25) is 4.79 Å². The molecule has 1 atom stereocenters. The fourth-order valence-electron chi connectivity index (χ4n) is 1.19.